The molecule has 0 radical (unpaired) electrons. The molecule has 0 spiro atoms. The van der Waals surface area contributed by atoms with Gasteiger partial charge < -0.3 is 5.11 Å². The highest BCUT2D eigenvalue weighted by Crippen LogP contribution is 2.41. The van der Waals surface area contributed by atoms with Gasteiger partial charge in [0.05, 0.1) is 5.76 Å². The maximum Gasteiger partial charge on any atom is 0.0984 e. The Morgan fingerprint density at radius 3 is 1.81 bits per heavy atom. The zero-order valence-electron chi connectivity index (χ0n) is 18.1. The third kappa shape index (κ3) is 9.83. The Hall–Kier alpha value is -0.720. The summed E-state index contributed by atoms with van der Waals surface area (Å²) in [6.07, 6.45) is 26.7. The van der Waals surface area contributed by atoms with Crippen molar-refractivity contribution in [3.05, 3.63) is 23.5 Å². The van der Waals surface area contributed by atoms with Crippen LogP contribution < -0.4 is 0 Å². The quantitative estimate of drug-likeness (QED) is 0.271. The molecule has 0 bridgehead atoms. The van der Waals surface area contributed by atoms with Crippen molar-refractivity contribution >= 4 is 0 Å². The van der Waals surface area contributed by atoms with E-state index in [-0.39, 0.29) is 5.41 Å². The van der Waals surface area contributed by atoms with Gasteiger partial charge in [-0.25, -0.2) is 0 Å². The summed E-state index contributed by atoms with van der Waals surface area (Å²) in [6, 6.07) is 0. The van der Waals surface area contributed by atoms with E-state index in [1.54, 1.807) is 5.57 Å². The first-order chi connectivity index (χ1) is 12.6. The van der Waals surface area contributed by atoms with Crippen LogP contribution in [-0.4, -0.2) is 5.11 Å². The van der Waals surface area contributed by atoms with Gasteiger partial charge in [0.25, 0.3) is 0 Å². The second-order valence-corrected chi connectivity index (χ2v) is 8.86. The number of rotatable bonds is 16. The number of hydrogen-bond acceptors (Lipinski definition) is 1. The van der Waals surface area contributed by atoms with Crippen molar-refractivity contribution < 1.29 is 5.11 Å². The minimum atomic E-state index is -0.00533. The van der Waals surface area contributed by atoms with Crippen LogP contribution in [-0.2, 0) is 0 Å². The third-order valence-electron chi connectivity index (χ3n) is 6.15. The Morgan fingerprint density at radius 1 is 0.731 bits per heavy atom. The van der Waals surface area contributed by atoms with Crippen LogP contribution in [0, 0.1) is 5.41 Å². The van der Waals surface area contributed by atoms with Crippen molar-refractivity contribution in [3.8, 4) is 0 Å². The molecule has 0 aromatic rings. The first-order valence-electron chi connectivity index (χ1n) is 11.7. The summed E-state index contributed by atoms with van der Waals surface area (Å²) in [5.74, 6) is 0.617. The predicted octanol–water partition coefficient (Wildman–Crippen LogP) is 9.05. The lowest BCUT2D eigenvalue weighted by atomic mass is 9.74. The average Bonchev–Trinajstić information content (AvgIpc) is 2.63. The second-order valence-electron chi connectivity index (χ2n) is 8.86. The van der Waals surface area contributed by atoms with Crippen molar-refractivity contribution in [2.24, 2.45) is 5.41 Å². The Bertz CT molecular complexity index is 406. The van der Waals surface area contributed by atoms with Gasteiger partial charge in [0.1, 0.15) is 0 Å². The maximum atomic E-state index is 10.4. The smallest absolute Gasteiger partial charge is 0.0984 e. The Morgan fingerprint density at radius 2 is 1.23 bits per heavy atom. The summed E-state index contributed by atoms with van der Waals surface area (Å²) < 4.78 is 0. The monoisotopic (exact) mass is 362 g/mol. The molecule has 1 atom stereocenters. The van der Waals surface area contributed by atoms with Gasteiger partial charge in [0.2, 0.25) is 0 Å². The summed E-state index contributed by atoms with van der Waals surface area (Å²) in [6.45, 7) is 6.83. The molecule has 0 aromatic heterocycles. The molecule has 1 rings (SSSR count). The molecule has 0 saturated carbocycles. The molecule has 0 saturated heterocycles. The van der Waals surface area contributed by atoms with Crippen LogP contribution in [0.15, 0.2) is 23.5 Å². The highest BCUT2D eigenvalue weighted by molar-refractivity contribution is 5.26. The van der Waals surface area contributed by atoms with Gasteiger partial charge in [-0.05, 0) is 31.8 Å². The molecular formula is C25H46O. The SMILES string of the molecule is CCCCCCCCCC1=CC=C(O)C(C)(CCCCCCCCC)C1. The van der Waals surface area contributed by atoms with Crippen LogP contribution in [0.2, 0.25) is 0 Å². The second kappa shape index (κ2) is 14.4. The van der Waals surface area contributed by atoms with E-state index >= 15 is 0 Å². The van der Waals surface area contributed by atoms with Gasteiger partial charge in [-0.2, -0.15) is 0 Å². The van der Waals surface area contributed by atoms with Crippen molar-refractivity contribution in [2.75, 3.05) is 0 Å². The number of aliphatic hydroxyl groups is 1. The number of allylic oxidation sites excluding steroid dienone is 4. The summed E-state index contributed by atoms with van der Waals surface area (Å²) in [4.78, 5) is 0. The summed E-state index contributed by atoms with van der Waals surface area (Å²) in [5.41, 5.74) is 1.55. The van der Waals surface area contributed by atoms with Crippen LogP contribution in [0.1, 0.15) is 130 Å². The zero-order chi connectivity index (χ0) is 19.1. The molecule has 0 aliphatic heterocycles. The van der Waals surface area contributed by atoms with E-state index in [1.165, 1.54) is 96.3 Å². The molecule has 1 N–H and O–H groups in total. The molecule has 1 aliphatic rings. The van der Waals surface area contributed by atoms with Crippen molar-refractivity contribution in [3.63, 3.8) is 0 Å². The van der Waals surface area contributed by atoms with Gasteiger partial charge in [0, 0.05) is 5.41 Å². The summed E-state index contributed by atoms with van der Waals surface area (Å²) in [7, 11) is 0. The molecule has 0 heterocycles. The lowest BCUT2D eigenvalue weighted by molar-refractivity contribution is 0.210. The van der Waals surface area contributed by atoms with Gasteiger partial charge >= 0.3 is 0 Å². The maximum absolute atomic E-state index is 10.4. The Labute approximate surface area is 164 Å². The van der Waals surface area contributed by atoms with Crippen molar-refractivity contribution in [2.45, 2.75) is 130 Å². The molecule has 1 heteroatoms. The van der Waals surface area contributed by atoms with Crippen LogP contribution in [0.5, 0.6) is 0 Å². The molecule has 26 heavy (non-hydrogen) atoms. The van der Waals surface area contributed by atoms with E-state index in [9.17, 15) is 5.11 Å². The van der Waals surface area contributed by atoms with E-state index in [4.69, 9.17) is 0 Å². The molecule has 0 aromatic carbocycles. The predicted molar refractivity (Wildman–Crippen MR) is 117 cm³/mol. The van der Waals surface area contributed by atoms with E-state index in [0.29, 0.717) is 5.76 Å². The average molecular weight is 363 g/mol. The van der Waals surface area contributed by atoms with E-state index < -0.39 is 0 Å². The minimum absolute atomic E-state index is 0.00533. The lowest BCUT2D eigenvalue weighted by Crippen LogP contribution is -2.22. The Balaban J connectivity index is 2.20. The van der Waals surface area contributed by atoms with Gasteiger partial charge in [0.15, 0.2) is 0 Å². The van der Waals surface area contributed by atoms with Gasteiger partial charge in [-0.1, -0.05) is 116 Å². The van der Waals surface area contributed by atoms with Crippen molar-refractivity contribution in [1.82, 2.24) is 0 Å². The van der Waals surface area contributed by atoms with E-state index in [2.05, 4.69) is 26.8 Å². The van der Waals surface area contributed by atoms with Crippen LogP contribution in [0.25, 0.3) is 0 Å². The first kappa shape index (κ1) is 23.3. The molecule has 0 fully saturated rings. The van der Waals surface area contributed by atoms with Gasteiger partial charge in [-0.15, -0.1) is 0 Å². The lowest BCUT2D eigenvalue weighted by Gasteiger charge is -2.33. The number of hydrogen-bond donors (Lipinski definition) is 1. The zero-order valence-corrected chi connectivity index (χ0v) is 18.1. The largest absolute Gasteiger partial charge is 0.512 e. The van der Waals surface area contributed by atoms with E-state index in [1.807, 2.05) is 6.08 Å². The summed E-state index contributed by atoms with van der Waals surface area (Å²) in [5, 5.41) is 10.4. The normalized spacial score (nSPS) is 20.1. The third-order valence-corrected chi connectivity index (χ3v) is 6.15. The van der Waals surface area contributed by atoms with Crippen LogP contribution in [0.3, 0.4) is 0 Å². The topological polar surface area (TPSA) is 20.2 Å². The molecule has 1 nitrogen and oxygen atoms in total. The summed E-state index contributed by atoms with van der Waals surface area (Å²) >= 11 is 0. The first-order valence-corrected chi connectivity index (χ1v) is 11.7. The number of unbranched alkanes of at least 4 members (excludes halogenated alkanes) is 12. The number of aliphatic hydroxyl groups excluding tert-OH is 1. The van der Waals surface area contributed by atoms with Crippen LogP contribution in [0.4, 0.5) is 0 Å². The molecule has 1 unspecified atom stereocenters. The molecule has 1 aliphatic carbocycles. The highest BCUT2D eigenvalue weighted by atomic mass is 16.3. The highest BCUT2D eigenvalue weighted by Gasteiger charge is 2.31. The molecular weight excluding hydrogens is 316 g/mol. The molecule has 0 amide bonds. The fourth-order valence-corrected chi connectivity index (χ4v) is 4.22. The van der Waals surface area contributed by atoms with E-state index in [0.717, 1.165) is 12.8 Å². The standard InChI is InChI=1S/C25H46O/c1-4-6-8-10-12-14-16-18-23-19-20-24(26)25(3,22-23)21-17-15-13-11-9-7-5-2/h19-20,26H,4-18,21-22H2,1-3H3. The van der Waals surface area contributed by atoms with Crippen LogP contribution >= 0.6 is 0 Å². The fourth-order valence-electron chi connectivity index (χ4n) is 4.22. The fraction of sp³-hybridized carbons (Fsp3) is 0.840. The van der Waals surface area contributed by atoms with Crippen molar-refractivity contribution in [1.29, 1.82) is 0 Å². The van der Waals surface area contributed by atoms with Gasteiger partial charge in [-0.3, -0.25) is 0 Å². The minimum Gasteiger partial charge on any atom is -0.512 e. The Kier molecular flexibility index (Phi) is 12.9. The molecule has 152 valence electrons.